The van der Waals surface area contributed by atoms with Crippen molar-refractivity contribution >= 4 is 11.6 Å². The van der Waals surface area contributed by atoms with E-state index < -0.39 is 6.10 Å². The lowest BCUT2D eigenvalue weighted by Crippen LogP contribution is -2.31. The van der Waals surface area contributed by atoms with Gasteiger partial charge in [-0.15, -0.1) is 0 Å². The minimum atomic E-state index is -0.491. The Morgan fingerprint density at radius 2 is 2.12 bits per heavy atom. The van der Waals surface area contributed by atoms with Gasteiger partial charge in [-0.2, -0.15) is 0 Å². The van der Waals surface area contributed by atoms with Crippen LogP contribution >= 0.6 is 11.6 Å². The van der Waals surface area contributed by atoms with Crippen LogP contribution in [0.15, 0.2) is 24.3 Å². The molecule has 90 valence electrons. The van der Waals surface area contributed by atoms with E-state index in [1.807, 2.05) is 31.2 Å². The third kappa shape index (κ3) is 4.10. The smallest absolute Gasteiger partial charge is 0.0897 e. The summed E-state index contributed by atoms with van der Waals surface area (Å²) in [5.41, 5.74) is 1.04. The van der Waals surface area contributed by atoms with Crippen LogP contribution in [0.2, 0.25) is 5.02 Å². The quantitative estimate of drug-likeness (QED) is 0.803. The van der Waals surface area contributed by atoms with Crippen LogP contribution in [0.1, 0.15) is 18.5 Å². The molecule has 0 spiro atoms. The van der Waals surface area contributed by atoms with Gasteiger partial charge in [0.1, 0.15) is 0 Å². The molecule has 1 rings (SSSR count). The highest BCUT2D eigenvalue weighted by Gasteiger charge is 2.10. The first kappa shape index (κ1) is 13.5. The molecule has 0 heterocycles. The molecule has 0 fully saturated rings. The molecule has 16 heavy (non-hydrogen) atoms. The number of hydrogen-bond donors (Lipinski definition) is 2. The average molecular weight is 244 g/mol. The zero-order chi connectivity index (χ0) is 12.0. The van der Waals surface area contributed by atoms with E-state index in [1.165, 1.54) is 0 Å². The van der Waals surface area contributed by atoms with Gasteiger partial charge >= 0.3 is 0 Å². The first-order valence-electron chi connectivity index (χ1n) is 5.30. The topological polar surface area (TPSA) is 41.5 Å². The standard InChI is InChI=1S/C12H18ClNO2/c1-9(14-7-10(15)8-16-2)11-5-3-4-6-12(11)13/h3-6,9-10,14-15H,7-8H2,1-2H3. The number of aliphatic hydroxyl groups is 1. The number of rotatable bonds is 6. The fraction of sp³-hybridized carbons (Fsp3) is 0.500. The predicted molar refractivity (Wildman–Crippen MR) is 65.8 cm³/mol. The lowest BCUT2D eigenvalue weighted by molar-refractivity contribution is 0.0630. The molecule has 0 aromatic heterocycles. The maximum atomic E-state index is 9.49. The van der Waals surface area contributed by atoms with Gasteiger partial charge in [-0.25, -0.2) is 0 Å². The maximum absolute atomic E-state index is 9.49. The van der Waals surface area contributed by atoms with Crippen LogP contribution in [0.5, 0.6) is 0 Å². The monoisotopic (exact) mass is 243 g/mol. The zero-order valence-electron chi connectivity index (χ0n) is 9.61. The van der Waals surface area contributed by atoms with E-state index in [1.54, 1.807) is 7.11 Å². The lowest BCUT2D eigenvalue weighted by atomic mass is 10.1. The van der Waals surface area contributed by atoms with Crippen LogP contribution in [0.4, 0.5) is 0 Å². The number of benzene rings is 1. The largest absolute Gasteiger partial charge is 0.389 e. The van der Waals surface area contributed by atoms with Crippen molar-refractivity contribution in [1.29, 1.82) is 0 Å². The summed E-state index contributed by atoms with van der Waals surface area (Å²) in [6, 6.07) is 7.80. The van der Waals surface area contributed by atoms with Gasteiger partial charge in [0.2, 0.25) is 0 Å². The van der Waals surface area contributed by atoms with Gasteiger partial charge in [-0.3, -0.25) is 0 Å². The van der Waals surface area contributed by atoms with Crippen molar-refractivity contribution in [2.45, 2.75) is 19.1 Å². The van der Waals surface area contributed by atoms with Gasteiger partial charge in [0.25, 0.3) is 0 Å². The summed E-state index contributed by atoms with van der Waals surface area (Å²) < 4.78 is 4.85. The Kier molecular flexibility index (Phi) is 5.77. The highest BCUT2D eigenvalue weighted by molar-refractivity contribution is 6.31. The summed E-state index contributed by atoms with van der Waals surface area (Å²) >= 11 is 6.07. The second kappa shape index (κ2) is 6.86. The minimum absolute atomic E-state index is 0.111. The third-order valence-electron chi connectivity index (χ3n) is 2.39. The average Bonchev–Trinajstić information content (AvgIpc) is 2.27. The highest BCUT2D eigenvalue weighted by atomic mass is 35.5. The molecule has 2 atom stereocenters. The van der Waals surface area contributed by atoms with Gasteiger partial charge in [0, 0.05) is 24.7 Å². The van der Waals surface area contributed by atoms with E-state index in [0.29, 0.717) is 13.2 Å². The van der Waals surface area contributed by atoms with Crippen molar-refractivity contribution in [3.05, 3.63) is 34.9 Å². The van der Waals surface area contributed by atoms with E-state index in [4.69, 9.17) is 16.3 Å². The number of aliphatic hydroxyl groups excluding tert-OH is 1. The van der Waals surface area contributed by atoms with Crippen molar-refractivity contribution in [3.63, 3.8) is 0 Å². The van der Waals surface area contributed by atoms with Crippen molar-refractivity contribution in [1.82, 2.24) is 5.32 Å². The van der Waals surface area contributed by atoms with Crippen LogP contribution in [-0.4, -0.2) is 31.5 Å². The Bertz CT molecular complexity index is 320. The third-order valence-corrected chi connectivity index (χ3v) is 2.73. The normalized spacial score (nSPS) is 14.8. The van der Waals surface area contributed by atoms with Crippen molar-refractivity contribution in [3.8, 4) is 0 Å². The fourth-order valence-corrected chi connectivity index (χ4v) is 1.80. The van der Waals surface area contributed by atoms with Crippen molar-refractivity contribution in [2.75, 3.05) is 20.3 Å². The molecule has 0 aliphatic rings. The second-order valence-corrected chi connectivity index (χ2v) is 4.17. The van der Waals surface area contributed by atoms with Crippen LogP contribution in [0.25, 0.3) is 0 Å². The number of hydrogen-bond acceptors (Lipinski definition) is 3. The molecule has 0 aliphatic carbocycles. The highest BCUT2D eigenvalue weighted by Crippen LogP contribution is 2.21. The first-order valence-corrected chi connectivity index (χ1v) is 5.67. The second-order valence-electron chi connectivity index (χ2n) is 3.76. The Balaban J connectivity index is 2.46. The van der Waals surface area contributed by atoms with E-state index in [2.05, 4.69) is 5.32 Å². The maximum Gasteiger partial charge on any atom is 0.0897 e. The molecule has 0 amide bonds. The molecule has 1 aromatic carbocycles. The zero-order valence-corrected chi connectivity index (χ0v) is 10.4. The molecule has 2 unspecified atom stereocenters. The van der Waals surface area contributed by atoms with E-state index in [9.17, 15) is 5.11 Å². The van der Waals surface area contributed by atoms with E-state index >= 15 is 0 Å². The summed E-state index contributed by atoms with van der Waals surface area (Å²) in [5.74, 6) is 0. The Hall–Kier alpha value is -0.610. The number of methoxy groups -OCH3 is 1. The summed E-state index contributed by atoms with van der Waals surface area (Å²) in [7, 11) is 1.57. The van der Waals surface area contributed by atoms with Gasteiger partial charge in [0.15, 0.2) is 0 Å². The van der Waals surface area contributed by atoms with Crippen LogP contribution < -0.4 is 5.32 Å². The summed E-state index contributed by atoms with van der Waals surface area (Å²) in [6.07, 6.45) is -0.491. The summed E-state index contributed by atoms with van der Waals surface area (Å²) in [4.78, 5) is 0. The van der Waals surface area contributed by atoms with E-state index in [0.717, 1.165) is 10.6 Å². The number of halogens is 1. The van der Waals surface area contributed by atoms with Crippen LogP contribution in [0.3, 0.4) is 0 Å². The Morgan fingerprint density at radius 3 is 2.75 bits per heavy atom. The summed E-state index contributed by atoms with van der Waals surface area (Å²) in [6.45, 7) is 2.84. The van der Waals surface area contributed by atoms with E-state index in [-0.39, 0.29) is 6.04 Å². The number of nitrogens with one attached hydrogen (secondary N) is 1. The van der Waals surface area contributed by atoms with Gasteiger partial charge in [-0.1, -0.05) is 29.8 Å². The number of ether oxygens (including phenoxy) is 1. The van der Waals surface area contributed by atoms with Crippen molar-refractivity contribution in [2.24, 2.45) is 0 Å². The van der Waals surface area contributed by atoms with Gasteiger partial charge in [-0.05, 0) is 18.6 Å². The molecule has 4 heteroatoms. The van der Waals surface area contributed by atoms with Gasteiger partial charge in [0.05, 0.1) is 12.7 Å². The lowest BCUT2D eigenvalue weighted by Gasteiger charge is -2.18. The fourth-order valence-electron chi connectivity index (χ4n) is 1.50. The van der Waals surface area contributed by atoms with Crippen LogP contribution in [-0.2, 0) is 4.74 Å². The Morgan fingerprint density at radius 1 is 1.44 bits per heavy atom. The molecule has 0 saturated carbocycles. The molecular weight excluding hydrogens is 226 g/mol. The molecule has 1 aromatic rings. The first-order chi connectivity index (χ1) is 7.65. The minimum Gasteiger partial charge on any atom is -0.389 e. The Labute approximate surface area is 101 Å². The predicted octanol–water partition coefficient (Wildman–Crippen LogP) is 2.00. The summed E-state index contributed by atoms with van der Waals surface area (Å²) in [5, 5.41) is 13.4. The molecular formula is C12H18ClNO2. The molecule has 0 saturated heterocycles. The molecule has 0 bridgehead atoms. The van der Waals surface area contributed by atoms with Crippen LogP contribution in [0, 0.1) is 0 Å². The molecule has 3 nitrogen and oxygen atoms in total. The molecule has 0 radical (unpaired) electrons. The van der Waals surface area contributed by atoms with Gasteiger partial charge < -0.3 is 15.2 Å². The van der Waals surface area contributed by atoms with Crippen molar-refractivity contribution < 1.29 is 9.84 Å². The molecule has 0 aliphatic heterocycles. The SMILES string of the molecule is COCC(O)CNC(C)c1ccccc1Cl. The molecule has 2 N–H and O–H groups in total.